The molecule has 0 bridgehead atoms. The Kier molecular flexibility index (Phi) is 4.50. The standard InChI is InChI=1S/C18H15ClN2O2/c19-14-4-6-15(7-5-14)21-17(8-9-18(21)22)13-2-1-3-16(12-13)23-11-10-20/h1-7,12,17H,8-9,11H2/t17-/m1/s1. The van der Waals surface area contributed by atoms with Crippen LogP contribution in [0.25, 0.3) is 0 Å². The average Bonchev–Trinajstić information content (AvgIpc) is 2.96. The second kappa shape index (κ2) is 6.72. The zero-order valence-corrected chi connectivity index (χ0v) is 13.2. The molecule has 1 aliphatic rings. The summed E-state index contributed by atoms with van der Waals surface area (Å²) in [7, 11) is 0. The number of rotatable bonds is 4. The molecule has 1 saturated heterocycles. The van der Waals surface area contributed by atoms with Crippen molar-refractivity contribution in [3.05, 3.63) is 59.1 Å². The molecule has 2 aromatic carbocycles. The van der Waals surface area contributed by atoms with Crippen LogP contribution in [0.2, 0.25) is 5.02 Å². The van der Waals surface area contributed by atoms with Crippen LogP contribution < -0.4 is 9.64 Å². The molecule has 1 atom stereocenters. The van der Waals surface area contributed by atoms with Crippen molar-refractivity contribution >= 4 is 23.2 Å². The molecule has 0 unspecified atom stereocenters. The summed E-state index contributed by atoms with van der Waals surface area (Å²) in [6.07, 6.45) is 1.26. The van der Waals surface area contributed by atoms with Crippen molar-refractivity contribution in [3.63, 3.8) is 0 Å². The Hall–Kier alpha value is -2.51. The molecule has 1 aliphatic heterocycles. The summed E-state index contributed by atoms with van der Waals surface area (Å²) >= 11 is 5.93. The maximum Gasteiger partial charge on any atom is 0.227 e. The first kappa shape index (κ1) is 15.4. The molecule has 0 spiro atoms. The molecule has 0 N–H and O–H groups in total. The molecule has 5 heteroatoms. The van der Waals surface area contributed by atoms with E-state index in [9.17, 15) is 4.79 Å². The maximum atomic E-state index is 12.3. The zero-order chi connectivity index (χ0) is 16.2. The Labute approximate surface area is 139 Å². The molecular weight excluding hydrogens is 312 g/mol. The second-order valence-corrected chi connectivity index (χ2v) is 5.75. The van der Waals surface area contributed by atoms with Gasteiger partial charge in [-0.2, -0.15) is 5.26 Å². The van der Waals surface area contributed by atoms with Crippen molar-refractivity contribution in [3.8, 4) is 11.8 Å². The van der Waals surface area contributed by atoms with Crippen molar-refractivity contribution in [2.75, 3.05) is 11.5 Å². The first-order valence-corrected chi connectivity index (χ1v) is 7.74. The number of nitriles is 1. The Balaban J connectivity index is 1.90. The minimum Gasteiger partial charge on any atom is -0.479 e. The lowest BCUT2D eigenvalue weighted by Gasteiger charge is -2.25. The van der Waals surface area contributed by atoms with Gasteiger partial charge in [0.25, 0.3) is 0 Å². The van der Waals surface area contributed by atoms with Crippen molar-refractivity contribution in [1.82, 2.24) is 0 Å². The normalized spacial score (nSPS) is 17.1. The number of hydrogen-bond donors (Lipinski definition) is 0. The van der Waals surface area contributed by atoms with E-state index in [1.165, 1.54) is 0 Å². The van der Waals surface area contributed by atoms with Crippen molar-refractivity contribution in [2.45, 2.75) is 18.9 Å². The van der Waals surface area contributed by atoms with E-state index in [0.29, 0.717) is 17.2 Å². The predicted octanol–water partition coefficient (Wildman–Crippen LogP) is 4.11. The van der Waals surface area contributed by atoms with Gasteiger partial charge < -0.3 is 9.64 Å². The monoisotopic (exact) mass is 326 g/mol. The molecule has 0 aromatic heterocycles. The molecular formula is C18H15ClN2O2. The molecule has 1 fully saturated rings. The summed E-state index contributed by atoms with van der Waals surface area (Å²) in [5.41, 5.74) is 1.84. The van der Waals surface area contributed by atoms with Crippen LogP contribution in [-0.4, -0.2) is 12.5 Å². The quantitative estimate of drug-likeness (QED) is 0.849. The summed E-state index contributed by atoms with van der Waals surface area (Å²) in [6, 6.07) is 16.8. The topological polar surface area (TPSA) is 53.3 Å². The third kappa shape index (κ3) is 3.30. The fourth-order valence-electron chi connectivity index (χ4n) is 2.85. The van der Waals surface area contributed by atoms with Gasteiger partial charge >= 0.3 is 0 Å². The number of hydrogen-bond acceptors (Lipinski definition) is 3. The van der Waals surface area contributed by atoms with Crippen LogP contribution in [0, 0.1) is 11.3 Å². The van der Waals surface area contributed by atoms with E-state index in [1.807, 2.05) is 42.5 Å². The highest BCUT2D eigenvalue weighted by molar-refractivity contribution is 6.30. The van der Waals surface area contributed by atoms with Gasteiger partial charge in [0.2, 0.25) is 5.91 Å². The molecule has 4 nitrogen and oxygen atoms in total. The van der Waals surface area contributed by atoms with Gasteiger partial charge in [0.05, 0.1) is 6.04 Å². The van der Waals surface area contributed by atoms with E-state index >= 15 is 0 Å². The Morgan fingerprint density at radius 2 is 2.04 bits per heavy atom. The first-order chi connectivity index (χ1) is 11.2. The largest absolute Gasteiger partial charge is 0.479 e. The van der Waals surface area contributed by atoms with E-state index in [0.717, 1.165) is 17.7 Å². The lowest BCUT2D eigenvalue weighted by atomic mass is 10.0. The third-order valence-corrected chi connectivity index (χ3v) is 4.12. The SMILES string of the molecule is N#CCOc1cccc([C@H]2CCC(=O)N2c2ccc(Cl)cc2)c1. The Morgan fingerprint density at radius 3 is 2.78 bits per heavy atom. The summed E-state index contributed by atoms with van der Waals surface area (Å²) in [6.45, 7) is 0.00789. The van der Waals surface area contributed by atoms with Gasteiger partial charge in [-0.25, -0.2) is 0 Å². The van der Waals surface area contributed by atoms with Gasteiger partial charge in [-0.1, -0.05) is 23.7 Å². The first-order valence-electron chi connectivity index (χ1n) is 7.36. The molecule has 23 heavy (non-hydrogen) atoms. The van der Waals surface area contributed by atoms with Crippen molar-refractivity contribution in [1.29, 1.82) is 5.26 Å². The molecule has 1 amide bonds. The summed E-state index contributed by atoms with van der Waals surface area (Å²) < 4.78 is 5.36. The fraction of sp³-hybridized carbons (Fsp3) is 0.222. The predicted molar refractivity (Wildman–Crippen MR) is 88.5 cm³/mol. The summed E-state index contributed by atoms with van der Waals surface area (Å²) in [4.78, 5) is 14.1. The molecule has 0 saturated carbocycles. The molecule has 1 heterocycles. The number of carbonyl (C=O) groups is 1. The van der Waals surface area contributed by atoms with Crippen LogP contribution in [0.1, 0.15) is 24.4 Å². The van der Waals surface area contributed by atoms with Crippen LogP contribution in [0.4, 0.5) is 5.69 Å². The number of carbonyl (C=O) groups excluding carboxylic acids is 1. The minimum atomic E-state index is -0.0330. The molecule has 3 rings (SSSR count). The van der Waals surface area contributed by atoms with Crippen LogP contribution in [0.3, 0.4) is 0 Å². The third-order valence-electron chi connectivity index (χ3n) is 3.86. The van der Waals surface area contributed by atoms with Gasteiger partial charge in [-0.15, -0.1) is 0 Å². The van der Waals surface area contributed by atoms with Gasteiger partial charge in [-0.05, 0) is 48.4 Å². The van der Waals surface area contributed by atoms with Crippen molar-refractivity contribution < 1.29 is 9.53 Å². The lowest BCUT2D eigenvalue weighted by molar-refractivity contribution is -0.117. The minimum absolute atomic E-state index is 0.00789. The number of benzene rings is 2. The van der Waals surface area contributed by atoms with E-state index in [4.69, 9.17) is 21.6 Å². The highest BCUT2D eigenvalue weighted by atomic mass is 35.5. The maximum absolute atomic E-state index is 12.3. The molecule has 116 valence electrons. The molecule has 0 radical (unpaired) electrons. The Morgan fingerprint density at radius 1 is 1.26 bits per heavy atom. The smallest absolute Gasteiger partial charge is 0.227 e. The van der Waals surface area contributed by atoms with Crippen LogP contribution in [0.15, 0.2) is 48.5 Å². The van der Waals surface area contributed by atoms with Gasteiger partial charge in [-0.3, -0.25) is 4.79 Å². The van der Waals surface area contributed by atoms with E-state index in [1.54, 1.807) is 17.0 Å². The average molecular weight is 327 g/mol. The second-order valence-electron chi connectivity index (χ2n) is 5.31. The number of halogens is 1. The van der Waals surface area contributed by atoms with Gasteiger partial charge in [0, 0.05) is 17.1 Å². The fourth-order valence-corrected chi connectivity index (χ4v) is 2.98. The molecule has 2 aromatic rings. The van der Waals surface area contributed by atoms with E-state index < -0.39 is 0 Å². The van der Waals surface area contributed by atoms with Crippen molar-refractivity contribution in [2.24, 2.45) is 0 Å². The Bertz CT molecular complexity index is 752. The number of ether oxygens (including phenoxy) is 1. The highest BCUT2D eigenvalue weighted by Crippen LogP contribution is 2.38. The van der Waals surface area contributed by atoms with Crippen LogP contribution in [-0.2, 0) is 4.79 Å². The number of nitrogens with zero attached hydrogens (tertiary/aromatic N) is 2. The van der Waals surface area contributed by atoms with Gasteiger partial charge in [0.1, 0.15) is 11.8 Å². The summed E-state index contributed by atoms with van der Waals surface area (Å²) in [5.74, 6) is 0.736. The van der Waals surface area contributed by atoms with Gasteiger partial charge in [0.15, 0.2) is 6.61 Å². The summed E-state index contributed by atoms with van der Waals surface area (Å²) in [5, 5.41) is 9.26. The number of anilines is 1. The van der Waals surface area contributed by atoms with E-state index in [-0.39, 0.29) is 18.6 Å². The van der Waals surface area contributed by atoms with Crippen LogP contribution >= 0.6 is 11.6 Å². The number of amides is 1. The molecule has 0 aliphatic carbocycles. The highest BCUT2D eigenvalue weighted by Gasteiger charge is 2.33. The van der Waals surface area contributed by atoms with E-state index in [2.05, 4.69) is 0 Å². The zero-order valence-electron chi connectivity index (χ0n) is 12.4. The lowest BCUT2D eigenvalue weighted by Crippen LogP contribution is -2.27. The van der Waals surface area contributed by atoms with Crippen LogP contribution in [0.5, 0.6) is 5.75 Å².